The van der Waals surface area contributed by atoms with Crippen LogP contribution in [0.2, 0.25) is 5.02 Å². The predicted molar refractivity (Wildman–Crippen MR) is 75.8 cm³/mol. The third kappa shape index (κ3) is 4.67. The van der Waals surface area contributed by atoms with Gasteiger partial charge in [-0.15, -0.1) is 0 Å². The molecule has 1 atom stereocenters. The summed E-state index contributed by atoms with van der Waals surface area (Å²) >= 11 is 5.86. The van der Waals surface area contributed by atoms with Gasteiger partial charge in [0.05, 0.1) is 6.54 Å². The Labute approximate surface area is 114 Å². The summed E-state index contributed by atoms with van der Waals surface area (Å²) in [6.45, 7) is 6.38. The zero-order valence-corrected chi connectivity index (χ0v) is 12.2. The molecule has 1 unspecified atom stereocenters. The number of halogens is 1. The summed E-state index contributed by atoms with van der Waals surface area (Å²) in [7, 11) is 1.94. The Balaban J connectivity index is 2.58. The highest BCUT2D eigenvalue weighted by atomic mass is 35.5. The maximum Gasteiger partial charge on any atom is 0.234 e. The van der Waals surface area contributed by atoms with Gasteiger partial charge in [-0.3, -0.25) is 9.69 Å². The average molecular weight is 269 g/mol. The van der Waals surface area contributed by atoms with Crippen molar-refractivity contribution < 1.29 is 4.79 Å². The maximum atomic E-state index is 11.7. The molecule has 1 N–H and O–H groups in total. The molecule has 100 valence electrons. The normalized spacial score (nSPS) is 12.8. The van der Waals surface area contributed by atoms with Crippen molar-refractivity contribution in [1.29, 1.82) is 0 Å². The van der Waals surface area contributed by atoms with Gasteiger partial charge in [-0.1, -0.05) is 23.7 Å². The van der Waals surface area contributed by atoms with Gasteiger partial charge in [0.2, 0.25) is 5.91 Å². The van der Waals surface area contributed by atoms with Crippen LogP contribution in [-0.2, 0) is 4.79 Å². The molecule has 18 heavy (non-hydrogen) atoms. The van der Waals surface area contributed by atoms with E-state index < -0.39 is 0 Å². The van der Waals surface area contributed by atoms with Crippen molar-refractivity contribution >= 4 is 17.5 Å². The van der Waals surface area contributed by atoms with Crippen LogP contribution in [0.1, 0.15) is 32.4 Å². The minimum absolute atomic E-state index is 0.0494. The predicted octanol–water partition coefficient (Wildman–Crippen LogP) is 2.86. The summed E-state index contributed by atoms with van der Waals surface area (Å²) in [6, 6.07) is 8.08. The number of carbonyl (C=O) groups is 1. The molecule has 0 heterocycles. The molecule has 0 aliphatic carbocycles. The zero-order chi connectivity index (χ0) is 13.7. The monoisotopic (exact) mass is 268 g/mol. The minimum atomic E-state index is 0.0494. The van der Waals surface area contributed by atoms with Crippen molar-refractivity contribution in [3.63, 3.8) is 0 Å². The number of benzene rings is 1. The Morgan fingerprint density at radius 1 is 1.28 bits per heavy atom. The summed E-state index contributed by atoms with van der Waals surface area (Å²) in [5.74, 6) is 0.0494. The van der Waals surface area contributed by atoms with Gasteiger partial charge in [0, 0.05) is 17.1 Å². The molecular formula is C14H21ClN2O. The summed E-state index contributed by atoms with van der Waals surface area (Å²) in [5.41, 5.74) is 1.15. The molecule has 1 rings (SSSR count). The van der Waals surface area contributed by atoms with Gasteiger partial charge in [0.1, 0.15) is 0 Å². The molecule has 1 amide bonds. The first-order valence-corrected chi connectivity index (χ1v) is 6.53. The topological polar surface area (TPSA) is 32.3 Å². The van der Waals surface area contributed by atoms with E-state index in [0.717, 1.165) is 10.6 Å². The first-order chi connectivity index (χ1) is 8.40. The largest absolute Gasteiger partial charge is 0.353 e. The van der Waals surface area contributed by atoms with E-state index in [1.165, 1.54) is 0 Å². The quantitative estimate of drug-likeness (QED) is 0.891. The van der Waals surface area contributed by atoms with Crippen molar-refractivity contribution in [3.05, 3.63) is 34.9 Å². The third-order valence-corrected chi connectivity index (χ3v) is 3.11. The smallest absolute Gasteiger partial charge is 0.234 e. The lowest BCUT2D eigenvalue weighted by atomic mass is 10.1. The first kappa shape index (κ1) is 15.0. The second kappa shape index (κ2) is 6.76. The fraction of sp³-hybridized carbons (Fsp3) is 0.500. The van der Waals surface area contributed by atoms with Crippen LogP contribution in [-0.4, -0.2) is 30.4 Å². The Bertz CT molecular complexity index is 389. The Hall–Kier alpha value is -1.06. The number of carbonyl (C=O) groups excluding carboxylic acids is 1. The molecular weight excluding hydrogens is 248 g/mol. The highest BCUT2D eigenvalue weighted by Crippen LogP contribution is 2.20. The number of nitrogens with zero attached hydrogens (tertiary/aromatic N) is 1. The van der Waals surface area contributed by atoms with E-state index in [-0.39, 0.29) is 18.0 Å². The molecule has 1 aromatic rings. The number of rotatable bonds is 5. The van der Waals surface area contributed by atoms with Crippen LogP contribution >= 0.6 is 11.6 Å². The molecule has 0 aliphatic rings. The fourth-order valence-electron chi connectivity index (χ4n) is 1.73. The van der Waals surface area contributed by atoms with Gasteiger partial charge in [0.15, 0.2) is 0 Å². The van der Waals surface area contributed by atoms with Crippen LogP contribution in [0.4, 0.5) is 0 Å². The third-order valence-electron chi connectivity index (χ3n) is 2.86. The number of hydrogen-bond acceptors (Lipinski definition) is 2. The molecule has 0 saturated carbocycles. The maximum absolute atomic E-state index is 11.7. The highest BCUT2D eigenvalue weighted by Gasteiger charge is 2.15. The minimum Gasteiger partial charge on any atom is -0.353 e. The van der Waals surface area contributed by atoms with Crippen LogP contribution in [0.15, 0.2) is 24.3 Å². The van der Waals surface area contributed by atoms with Crippen molar-refractivity contribution in [2.75, 3.05) is 13.6 Å². The van der Waals surface area contributed by atoms with Crippen molar-refractivity contribution in [2.45, 2.75) is 32.9 Å². The van der Waals surface area contributed by atoms with Crippen LogP contribution < -0.4 is 5.32 Å². The van der Waals surface area contributed by atoms with Crippen LogP contribution in [0.3, 0.4) is 0 Å². The molecule has 4 heteroatoms. The van der Waals surface area contributed by atoms with Gasteiger partial charge in [0.25, 0.3) is 0 Å². The van der Waals surface area contributed by atoms with Crippen LogP contribution in [0, 0.1) is 0 Å². The first-order valence-electron chi connectivity index (χ1n) is 6.15. The molecule has 0 saturated heterocycles. The molecule has 0 aliphatic heterocycles. The van der Waals surface area contributed by atoms with Gasteiger partial charge in [-0.2, -0.15) is 0 Å². The summed E-state index contributed by atoms with van der Waals surface area (Å²) < 4.78 is 0. The van der Waals surface area contributed by atoms with Crippen LogP contribution in [0.5, 0.6) is 0 Å². The number of hydrogen-bond donors (Lipinski definition) is 1. The number of amides is 1. The second-order valence-corrected chi connectivity index (χ2v) is 5.30. The van der Waals surface area contributed by atoms with Crippen LogP contribution in [0.25, 0.3) is 0 Å². The van der Waals surface area contributed by atoms with Gasteiger partial charge < -0.3 is 5.32 Å². The van der Waals surface area contributed by atoms with Gasteiger partial charge in [-0.05, 0) is 45.5 Å². The standard InChI is InChI=1S/C14H21ClN2O/c1-10(2)16-14(18)9-17(4)11(3)12-5-7-13(15)8-6-12/h5-8,10-11H,9H2,1-4H3,(H,16,18). The molecule has 0 radical (unpaired) electrons. The van der Waals surface area contributed by atoms with Gasteiger partial charge >= 0.3 is 0 Å². The summed E-state index contributed by atoms with van der Waals surface area (Å²) in [5, 5.41) is 3.62. The SMILES string of the molecule is CC(C)NC(=O)CN(C)C(C)c1ccc(Cl)cc1. The molecule has 3 nitrogen and oxygen atoms in total. The fourth-order valence-corrected chi connectivity index (χ4v) is 1.85. The molecule has 0 fully saturated rings. The average Bonchev–Trinajstić information content (AvgIpc) is 2.27. The van der Waals surface area contributed by atoms with E-state index in [1.807, 2.05) is 50.1 Å². The van der Waals surface area contributed by atoms with Crippen molar-refractivity contribution in [2.24, 2.45) is 0 Å². The molecule has 0 bridgehead atoms. The Morgan fingerprint density at radius 3 is 2.33 bits per heavy atom. The van der Waals surface area contributed by atoms with E-state index in [0.29, 0.717) is 6.54 Å². The Morgan fingerprint density at radius 2 is 1.83 bits per heavy atom. The van der Waals surface area contributed by atoms with E-state index in [1.54, 1.807) is 0 Å². The number of nitrogens with one attached hydrogen (secondary N) is 1. The Kier molecular flexibility index (Phi) is 5.63. The summed E-state index contributed by atoms with van der Waals surface area (Å²) in [6.07, 6.45) is 0. The molecule has 0 aromatic heterocycles. The lowest BCUT2D eigenvalue weighted by molar-refractivity contribution is -0.122. The van der Waals surface area contributed by atoms with Crippen molar-refractivity contribution in [3.8, 4) is 0 Å². The second-order valence-electron chi connectivity index (χ2n) is 4.86. The zero-order valence-electron chi connectivity index (χ0n) is 11.4. The van der Waals surface area contributed by atoms with E-state index in [2.05, 4.69) is 12.2 Å². The number of likely N-dealkylation sites (N-methyl/N-ethyl adjacent to an activating group) is 1. The van der Waals surface area contributed by atoms with E-state index >= 15 is 0 Å². The lowest BCUT2D eigenvalue weighted by Crippen LogP contribution is -2.39. The van der Waals surface area contributed by atoms with E-state index in [4.69, 9.17) is 11.6 Å². The lowest BCUT2D eigenvalue weighted by Gasteiger charge is -2.25. The van der Waals surface area contributed by atoms with E-state index in [9.17, 15) is 4.79 Å². The van der Waals surface area contributed by atoms with Crippen molar-refractivity contribution in [1.82, 2.24) is 10.2 Å². The summed E-state index contributed by atoms with van der Waals surface area (Å²) in [4.78, 5) is 13.7. The highest BCUT2D eigenvalue weighted by molar-refractivity contribution is 6.30. The van der Waals surface area contributed by atoms with Gasteiger partial charge in [-0.25, -0.2) is 0 Å². The molecule has 1 aromatic carbocycles. The molecule has 0 spiro atoms.